The van der Waals surface area contributed by atoms with Crippen LogP contribution in [0.2, 0.25) is 5.02 Å². The van der Waals surface area contributed by atoms with E-state index in [1.54, 1.807) is 0 Å². The van der Waals surface area contributed by atoms with Crippen molar-refractivity contribution in [2.45, 2.75) is 19.0 Å². The number of aryl methyl sites for hydroxylation is 1. The second-order valence-electron chi connectivity index (χ2n) is 4.59. The molecule has 0 spiro atoms. The quantitative estimate of drug-likeness (QED) is 0.908. The lowest BCUT2D eigenvalue weighted by atomic mass is 10.1. The molecule has 0 radical (unpaired) electrons. The lowest BCUT2D eigenvalue weighted by molar-refractivity contribution is -0.137. The molecule has 1 amide bonds. The molecule has 2 aromatic rings. The predicted molar refractivity (Wildman–Crippen MR) is 77.6 cm³/mol. The van der Waals surface area contributed by atoms with E-state index in [2.05, 4.69) is 10.3 Å². The van der Waals surface area contributed by atoms with Crippen LogP contribution in [0.15, 0.2) is 42.6 Å². The van der Waals surface area contributed by atoms with Crippen LogP contribution in [0.25, 0.3) is 0 Å². The Morgan fingerprint density at radius 3 is 2.50 bits per heavy atom. The Hall–Kier alpha value is -2.08. The normalized spacial score (nSPS) is 11.3. The topological polar surface area (TPSA) is 42.0 Å². The number of hydrogen-bond donors (Lipinski definition) is 1. The molecule has 0 bridgehead atoms. The van der Waals surface area contributed by atoms with E-state index in [9.17, 15) is 18.0 Å². The fourth-order valence-electron chi connectivity index (χ4n) is 1.78. The highest BCUT2D eigenvalue weighted by molar-refractivity contribution is 6.33. The molecule has 0 atom stereocenters. The molecular formula is C15H12ClF3N2O. The van der Waals surface area contributed by atoms with Gasteiger partial charge in [-0.3, -0.25) is 4.79 Å². The summed E-state index contributed by atoms with van der Waals surface area (Å²) in [6.07, 6.45) is -3.18. The van der Waals surface area contributed by atoms with Crippen molar-refractivity contribution in [3.05, 3.63) is 58.7 Å². The summed E-state index contributed by atoms with van der Waals surface area (Å²) in [4.78, 5) is 15.3. The molecule has 0 aliphatic carbocycles. The predicted octanol–water partition coefficient (Wildman–Crippen LogP) is 4.33. The van der Waals surface area contributed by atoms with Crippen LogP contribution >= 0.6 is 11.6 Å². The van der Waals surface area contributed by atoms with E-state index in [0.717, 1.165) is 11.6 Å². The standard InChI is InChI=1S/C15H12ClF3N2O/c16-12-8-11(15(17,18)19)9-20-14(12)21-13(22)7-6-10-4-2-1-3-5-10/h1-5,8-9H,6-7H2,(H,20,21,22). The number of anilines is 1. The summed E-state index contributed by atoms with van der Waals surface area (Å²) >= 11 is 5.72. The van der Waals surface area contributed by atoms with E-state index in [4.69, 9.17) is 11.6 Å². The van der Waals surface area contributed by atoms with Gasteiger partial charge in [-0.05, 0) is 18.1 Å². The average molecular weight is 329 g/mol. The van der Waals surface area contributed by atoms with Crippen LogP contribution in [0.5, 0.6) is 0 Å². The lowest BCUT2D eigenvalue weighted by Crippen LogP contribution is -2.14. The summed E-state index contributed by atoms with van der Waals surface area (Å²) in [5.74, 6) is -0.439. The van der Waals surface area contributed by atoms with Gasteiger partial charge in [0.15, 0.2) is 5.82 Å². The lowest BCUT2D eigenvalue weighted by Gasteiger charge is -2.10. The molecule has 116 valence electrons. The molecule has 1 aromatic heterocycles. The summed E-state index contributed by atoms with van der Waals surface area (Å²) in [7, 11) is 0. The summed E-state index contributed by atoms with van der Waals surface area (Å²) in [6, 6.07) is 10.1. The number of alkyl halides is 3. The molecule has 22 heavy (non-hydrogen) atoms. The van der Waals surface area contributed by atoms with Crippen LogP contribution in [0.3, 0.4) is 0 Å². The molecule has 0 saturated carbocycles. The van der Waals surface area contributed by atoms with E-state index >= 15 is 0 Å². The maximum Gasteiger partial charge on any atom is 0.417 e. The first-order valence-corrected chi connectivity index (χ1v) is 6.80. The van der Waals surface area contributed by atoms with Crippen LogP contribution in [0.4, 0.5) is 19.0 Å². The van der Waals surface area contributed by atoms with Gasteiger partial charge in [-0.1, -0.05) is 41.9 Å². The van der Waals surface area contributed by atoms with Gasteiger partial charge in [0.25, 0.3) is 0 Å². The maximum atomic E-state index is 12.5. The van der Waals surface area contributed by atoms with Crippen molar-refractivity contribution >= 4 is 23.3 Å². The summed E-state index contributed by atoms with van der Waals surface area (Å²) in [5, 5.41) is 2.16. The summed E-state index contributed by atoms with van der Waals surface area (Å²) in [5.41, 5.74) is 0.0314. The number of carbonyl (C=O) groups is 1. The van der Waals surface area contributed by atoms with Crippen LogP contribution in [-0.2, 0) is 17.4 Å². The van der Waals surface area contributed by atoms with Gasteiger partial charge < -0.3 is 5.32 Å². The molecule has 0 aliphatic rings. The number of pyridine rings is 1. The first kappa shape index (κ1) is 16.3. The fourth-order valence-corrected chi connectivity index (χ4v) is 2.00. The minimum Gasteiger partial charge on any atom is -0.309 e. The number of amides is 1. The zero-order valence-corrected chi connectivity index (χ0v) is 12.1. The van der Waals surface area contributed by atoms with Gasteiger partial charge in [-0.2, -0.15) is 13.2 Å². The SMILES string of the molecule is O=C(CCc1ccccc1)Nc1ncc(C(F)(F)F)cc1Cl. The molecule has 1 aromatic carbocycles. The Bertz CT molecular complexity index is 660. The highest BCUT2D eigenvalue weighted by Crippen LogP contribution is 2.32. The minimum absolute atomic E-state index is 0.0762. The second-order valence-corrected chi connectivity index (χ2v) is 4.99. The van der Waals surface area contributed by atoms with Crippen molar-refractivity contribution in [2.75, 3.05) is 5.32 Å². The number of aromatic nitrogens is 1. The smallest absolute Gasteiger partial charge is 0.309 e. The van der Waals surface area contributed by atoms with Crippen LogP contribution in [0, 0.1) is 0 Å². The summed E-state index contributed by atoms with van der Waals surface area (Å²) < 4.78 is 37.5. The number of benzene rings is 1. The zero-order valence-electron chi connectivity index (χ0n) is 11.3. The second kappa shape index (κ2) is 6.79. The van der Waals surface area contributed by atoms with Crippen LogP contribution in [0.1, 0.15) is 17.5 Å². The van der Waals surface area contributed by atoms with Crippen LogP contribution in [-0.4, -0.2) is 10.9 Å². The molecule has 2 rings (SSSR count). The van der Waals surface area contributed by atoms with Gasteiger partial charge in [0.05, 0.1) is 10.6 Å². The highest BCUT2D eigenvalue weighted by atomic mass is 35.5. The van der Waals surface area contributed by atoms with Crippen LogP contribution < -0.4 is 5.32 Å². The zero-order chi connectivity index (χ0) is 16.2. The molecule has 3 nitrogen and oxygen atoms in total. The van der Waals surface area contributed by atoms with E-state index in [1.807, 2.05) is 30.3 Å². The van der Waals surface area contributed by atoms with Gasteiger partial charge in [0, 0.05) is 12.6 Å². The Balaban J connectivity index is 1.97. The molecule has 1 heterocycles. The summed E-state index contributed by atoms with van der Waals surface area (Å²) in [6.45, 7) is 0. The van der Waals surface area contributed by atoms with Gasteiger partial charge in [-0.15, -0.1) is 0 Å². The monoisotopic (exact) mass is 328 g/mol. The van der Waals surface area contributed by atoms with Crippen molar-refractivity contribution in [3.63, 3.8) is 0 Å². The van der Waals surface area contributed by atoms with E-state index in [-0.39, 0.29) is 23.2 Å². The Morgan fingerprint density at radius 2 is 1.91 bits per heavy atom. The number of rotatable bonds is 4. The molecular weight excluding hydrogens is 317 g/mol. The average Bonchev–Trinajstić information content (AvgIpc) is 2.47. The first-order valence-electron chi connectivity index (χ1n) is 6.43. The number of hydrogen-bond acceptors (Lipinski definition) is 2. The Kier molecular flexibility index (Phi) is 5.03. The number of nitrogens with zero attached hydrogens (tertiary/aromatic N) is 1. The Labute approximate surface area is 130 Å². The molecule has 1 N–H and O–H groups in total. The molecule has 7 heteroatoms. The fraction of sp³-hybridized carbons (Fsp3) is 0.200. The third-order valence-corrected chi connectivity index (χ3v) is 3.20. The van der Waals surface area contributed by atoms with Crippen molar-refractivity contribution in [2.24, 2.45) is 0 Å². The van der Waals surface area contributed by atoms with Gasteiger partial charge in [0.1, 0.15) is 0 Å². The molecule has 0 aliphatic heterocycles. The largest absolute Gasteiger partial charge is 0.417 e. The number of halogens is 4. The Morgan fingerprint density at radius 1 is 1.23 bits per heavy atom. The van der Waals surface area contributed by atoms with E-state index in [1.165, 1.54) is 0 Å². The first-order chi connectivity index (χ1) is 10.4. The minimum atomic E-state index is -4.52. The maximum absolute atomic E-state index is 12.5. The van der Waals surface area contributed by atoms with Gasteiger partial charge in [0.2, 0.25) is 5.91 Å². The van der Waals surface area contributed by atoms with Crippen molar-refractivity contribution in [1.82, 2.24) is 4.98 Å². The van der Waals surface area contributed by atoms with Gasteiger partial charge >= 0.3 is 6.18 Å². The van der Waals surface area contributed by atoms with E-state index in [0.29, 0.717) is 12.6 Å². The molecule has 0 saturated heterocycles. The van der Waals surface area contributed by atoms with Gasteiger partial charge in [-0.25, -0.2) is 4.98 Å². The van der Waals surface area contributed by atoms with Crippen molar-refractivity contribution in [3.8, 4) is 0 Å². The molecule has 0 fully saturated rings. The van der Waals surface area contributed by atoms with Crippen molar-refractivity contribution in [1.29, 1.82) is 0 Å². The highest BCUT2D eigenvalue weighted by Gasteiger charge is 2.31. The number of carbonyl (C=O) groups excluding carboxylic acids is 1. The third kappa shape index (κ3) is 4.46. The number of nitrogens with one attached hydrogen (secondary N) is 1. The third-order valence-electron chi connectivity index (χ3n) is 2.91. The van der Waals surface area contributed by atoms with E-state index < -0.39 is 11.7 Å². The molecule has 0 unspecified atom stereocenters. The van der Waals surface area contributed by atoms with Crippen molar-refractivity contribution < 1.29 is 18.0 Å².